The smallest absolute Gasteiger partial charge is 0.293 e. The molecule has 8 heteroatoms. The van der Waals surface area contributed by atoms with Crippen molar-refractivity contribution in [3.63, 3.8) is 0 Å². The Balaban J connectivity index is 1.86. The summed E-state index contributed by atoms with van der Waals surface area (Å²) >= 11 is 0. The van der Waals surface area contributed by atoms with Gasteiger partial charge in [-0.3, -0.25) is 10.2 Å². The molecule has 1 amide bonds. The largest absolute Gasteiger partial charge is 0.472 e. The van der Waals surface area contributed by atoms with Crippen LogP contribution in [0.25, 0.3) is 0 Å². The lowest BCUT2D eigenvalue weighted by molar-refractivity contribution is 0.101. The number of nitrogens with one attached hydrogen (secondary N) is 2. The molecule has 0 saturated heterocycles. The van der Waals surface area contributed by atoms with E-state index in [4.69, 9.17) is 20.8 Å². The summed E-state index contributed by atoms with van der Waals surface area (Å²) in [7, 11) is 0. The van der Waals surface area contributed by atoms with Crippen LogP contribution < -0.4 is 11.1 Å². The highest BCUT2D eigenvalue weighted by molar-refractivity contribution is 6.14. The Morgan fingerprint density at radius 3 is 2.88 bits per heavy atom. The number of carbonyl (C=O) groups is 1. The minimum absolute atomic E-state index is 0.0971. The Hall–Kier alpha value is -3.99. The number of hydrogen-bond acceptors (Lipinski definition) is 7. The van der Waals surface area contributed by atoms with Crippen LogP contribution in [0, 0.1) is 16.7 Å². The van der Waals surface area contributed by atoms with Crippen LogP contribution in [0.15, 0.2) is 53.5 Å². The zero-order valence-electron chi connectivity index (χ0n) is 12.9. The molecule has 0 atom stereocenters. The molecule has 0 fully saturated rings. The van der Waals surface area contributed by atoms with Gasteiger partial charge in [-0.1, -0.05) is 0 Å². The van der Waals surface area contributed by atoms with Gasteiger partial charge in [0.1, 0.15) is 11.8 Å². The van der Waals surface area contributed by atoms with Crippen LogP contribution in [-0.2, 0) is 0 Å². The number of hydrogen-bond donors (Lipinski definition) is 3. The first kappa shape index (κ1) is 15.9. The molecule has 0 unspecified atom stereocenters. The molecular formula is C17H12N6O2. The molecule has 0 aliphatic carbocycles. The minimum Gasteiger partial charge on any atom is -0.472 e. The summed E-state index contributed by atoms with van der Waals surface area (Å²) in [4.78, 5) is 19.9. The summed E-state index contributed by atoms with van der Waals surface area (Å²) in [5, 5.41) is 19.7. The molecule has 0 aliphatic rings. The summed E-state index contributed by atoms with van der Waals surface area (Å²) in [6, 6.07) is 9.68. The Labute approximate surface area is 142 Å². The molecule has 0 radical (unpaired) electrons. The Morgan fingerprint density at radius 1 is 1.32 bits per heavy atom. The average molecular weight is 332 g/mol. The third-order valence-corrected chi connectivity index (χ3v) is 3.36. The van der Waals surface area contributed by atoms with E-state index in [2.05, 4.69) is 15.3 Å². The highest BCUT2D eigenvalue weighted by atomic mass is 16.3. The molecule has 0 spiro atoms. The van der Waals surface area contributed by atoms with Crippen molar-refractivity contribution in [1.82, 2.24) is 9.97 Å². The number of aromatic nitrogens is 2. The Bertz CT molecular complexity index is 989. The van der Waals surface area contributed by atoms with Crippen molar-refractivity contribution >= 4 is 23.0 Å². The van der Waals surface area contributed by atoms with Gasteiger partial charge in [0, 0.05) is 28.7 Å². The maximum atomic E-state index is 12.2. The van der Waals surface area contributed by atoms with Crippen LogP contribution in [0.5, 0.6) is 0 Å². The van der Waals surface area contributed by atoms with Crippen LogP contribution in [-0.4, -0.2) is 21.6 Å². The van der Waals surface area contributed by atoms with Crippen LogP contribution in [0.3, 0.4) is 0 Å². The lowest BCUT2D eigenvalue weighted by atomic mass is 10.0. The van der Waals surface area contributed by atoms with E-state index in [0.29, 0.717) is 22.5 Å². The van der Waals surface area contributed by atoms with Crippen molar-refractivity contribution in [1.29, 1.82) is 10.7 Å². The first-order valence-corrected chi connectivity index (χ1v) is 7.14. The number of carbonyl (C=O) groups excluding carboxylic acids is 1. The molecule has 8 nitrogen and oxygen atoms in total. The summed E-state index contributed by atoms with van der Waals surface area (Å²) in [5.74, 6) is -0.690. The monoisotopic (exact) mass is 332 g/mol. The third kappa shape index (κ3) is 3.35. The quantitative estimate of drug-likeness (QED) is 0.494. The zero-order chi connectivity index (χ0) is 17.8. The van der Waals surface area contributed by atoms with Gasteiger partial charge in [-0.15, -0.1) is 0 Å². The second-order valence-electron chi connectivity index (χ2n) is 5.02. The van der Waals surface area contributed by atoms with Crippen LogP contribution in [0.2, 0.25) is 0 Å². The van der Waals surface area contributed by atoms with E-state index >= 15 is 0 Å². The number of nitrogens with two attached hydrogens (primary N) is 1. The molecule has 25 heavy (non-hydrogen) atoms. The fourth-order valence-corrected chi connectivity index (χ4v) is 2.13. The van der Waals surface area contributed by atoms with Gasteiger partial charge >= 0.3 is 0 Å². The lowest BCUT2D eigenvalue weighted by Crippen LogP contribution is -2.16. The topological polar surface area (TPSA) is 142 Å². The molecule has 2 aromatic heterocycles. The van der Waals surface area contributed by atoms with Gasteiger partial charge in [0.25, 0.3) is 5.91 Å². The van der Waals surface area contributed by atoms with E-state index in [1.54, 1.807) is 24.3 Å². The molecule has 1 aromatic carbocycles. The SMILES string of the molecule is N#Cc1ccnc(C(=O)Nc2ccc(N)c(C(=N)c3ccoc3)c2)n1. The van der Waals surface area contributed by atoms with Crippen LogP contribution in [0.4, 0.5) is 11.4 Å². The fraction of sp³-hybridized carbons (Fsp3) is 0. The van der Waals surface area contributed by atoms with Crippen molar-refractivity contribution in [3.8, 4) is 6.07 Å². The van der Waals surface area contributed by atoms with Gasteiger partial charge in [0.05, 0.1) is 18.2 Å². The Kier molecular flexibility index (Phi) is 4.22. The normalized spacial score (nSPS) is 10.0. The van der Waals surface area contributed by atoms with Gasteiger partial charge in [-0.25, -0.2) is 9.97 Å². The zero-order valence-corrected chi connectivity index (χ0v) is 12.9. The summed E-state index contributed by atoms with van der Waals surface area (Å²) in [6.07, 6.45) is 4.24. The van der Waals surface area contributed by atoms with Gasteiger partial charge in [0.15, 0.2) is 0 Å². The van der Waals surface area contributed by atoms with Crippen molar-refractivity contribution in [2.75, 3.05) is 11.1 Å². The molecular weight excluding hydrogens is 320 g/mol. The van der Waals surface area contributed by atoms with E-state index in [-0.39, 0.29) is 17.2 Å². The van der Waals surface area contributed by atoms with Crippen molar-refractivity contribution in [3.05, 3.63) is 71.7 Å². The molecule has 3 aromatic rings. The van der Waals surface area contributed by atoms with Crippen LogP contribution >= 0.6 is 0 Å². The molecule has 122 valence electrons. The van der Waals surface area contributed by atoms with Gasteiger partial charge < -0.3 is 15.5 Å². The average Bonchev–Trinajstić information content (AvgIpc) is 3.17. The van der Waals surface area contributed by atoms with Gasteiger partial charge in [-0.2, -0.15) is 5.26 Å². The van der Waals surface area contributed by atoms with E-state index in [0.717, 1.165) is 0 Å². The van der Waals surface area contributed by atoms with Gasteiger partial charge in [-0.05, 0) is 30.3 Å². The number of furan rings is 1. The standard InChI is InChI=1S/C17H12N6O2/c18-8-12-3-5-21-16(22-12)17(24)23-11-1-2-14(19)13(7-11)15(20)10-4-6-25-9-10/h1-7,9,20H,19H2,(H,23,24). The number of amides is 1. The second-order valence-corrected chi connectivity index (χ2v) is 5.02. The van der Waals surface area contributed by atoms with E-state index in [9.17, 15) is 4.79 Å². The second kappa shape index (κ2) is 6.64. The van der Waals surface area contributed by atoms with Gasteiger partial charge in [0.2, 0.25) is 5.82 Å². The summed E-state index contributed by atoms with van der Waals surface area (Å²) < 4.78 is 4.98. The molecule has 3 rings (SSSR count). The highest BCUT2D eigenvalue weighted by Crippen LogP contribution is 2.21. The van der Waals surface area contributed by atoms with Crippen molar-refractivity contribution in [2.24, 2.45) is 0 Å². The molecule has 4 N–H and O–H groups in total. The van der Waals surface area contributed by atoms with E-state index in [1.807, 2.05) is 6.07 Å². The maximum Gasteiger partial charge on any atom is 0.293 e. The number of benzene rings is 1. The van der Waals surface area contributed by atoms with E-state index < -0.39 is 5.91 Å². The predicted molar refractivity (Wildman–Crippen MR) is 90.2 cm³/mol. The number of nitrogens with zero attached hydrogens (tertiary/aromatic N) is 3. The first-order chi connectivity index (χ1) is 12.1. The molecule has 0 bridgehead atoms. The number of anilines is 2. The Morgan fingerprint density at radius 2 is 2.16 bits per heavy atom. The first-order valence-electron chi connectivity index (χ1n) is 7.14. The predicted octanol–water partition coefficient (Wildman–Crippen LogP) is 2.19. The minimum atomic E-state index is -0.567. The third-order valence-electron chi connectivity index (χ3n) is 3.36. The highest BCUT2D eigenvalue weighted by Gasteiger charge is 2.14. The number of nitrogen functional groups attached to an aromatic ring is 1. The van der Waals surface area contributed by atoms with Crippen molar-refractivity contribution < 1.29 is 9.21 Å². The number of nitriles is 1. The van der Waals surface area contributed by atoms with Crippen molar-refractivity contribution in [2.45, 2.75) is 0 Å². The fourth-order valence-electron chi connectivity index (χ4n) is 2.13. The van der Waals surface area contributed by atoms with Crippen LogP contribution in [0.1, 0.15) is 27.4 Å². The maximum absolute atomic E-state index is 12.2. The van der Waals surface area contributed by atoms with E-state index in [1.165, 1.54) is 24.8 Å². The summed E-state index contributed by atoms with van der Waals surface area (Å²) in [6.45, 7) is 0. The summed E-state index contributed by atoms with van der Waals surface area (Å²) in [5.41, 5.74) is 8.04. The lowest BCUT2D eigenvalue weighted by Gasteiger charge is -2.10. The molecule has 2 heterocycles. The molecule has 0 saturated carbocycles. The number of rotatable bonds is 4. The molecule has 0 aliphatic heterocycles.